The van der Waals surface area contributed by atoms with Crippen LogP contribution in [-0.2, 0) is 6.18 Å². The highest BCUT2D eigenvalue weighted by molar-refractivity contribution is 6.55. The molecule has 0 unspecified atom stereocenters. The van der Waals surface area contributed by atoms with E-state index in [9.17, 15) is 13.2 Å². The molecule has 0 fully saturated rings. The summed E-state index contributed by atoms with van der Waals surface area (Å²) < 4.78 is 49.2. The minimum atomic E-state index is -4.61. The molecule has 0 aliphatic heterocycles. The van der Waals surface area contributed by atoms with Gasteiger partial charge in [-0.15, -0.1) is 0 Å². The van der Waals surface area contributed by atoms with Crippen LogP contribution in [0.5, 0.6) is 17.2 Å². The Kier molecular flexibility index (Phi) is 7.70. The molecule has 2 nitrogen and oxygen atoms in total. The fraction of sp³-hybridized carbons (Fsp3) is 0.125. The van der Waals surface area contributed by atoms with Gasteiger partial charge in [0.1, 0.15) is 16.8 Å². The van der Waals surface area contributed by atoms with E-state index in [4.69, 9.17) is 79.1 Å². The molecule has 0 N–H and O–H groups in total. The molecule has 0 radical (unpaired) electrons. The van der Waals surface area contributed by atoms with E-state index in [2.05, 4.69) is 0 Å². The first-order valence-electron chi connectivity index (χ1n) is 6.86. The highest BCUT2D eigenvalue weighted by Crippen LogP contribution is 2.45. The van der Waals surface area contributed by atoms with Crippen LogP contribution in [-0.4, -0.2) is 6.61 Å². The van der Waals surface area contributed by atoms with Crippen LogP contribution in [0, 0.1) is 0 Å². The highest BCUT2D eigenvalue weighted by atomic mass is 35.5. The van der Waals surface area contributed by atoms with Crippen LogP contribution >= 0.6 is 69.6 Å². The van der Waals surface area contributed by atoms with Gasteiger partial charge in [0.15, 0.2) is 11.5 Å². The van der Waals surface area contributed by atoms with E-state index < -0.39 is 11.7 Å². The van der Waals surface area contributed by atoms with Gasteiger partial charge in [0.25, 0.3) is 0 Å². The van der Waals surface area contributed by atoms with Crippen LogP contribution in [0.3, 0.4) is 0 Å². The molecule has 0 saturated heterocycles. The SMILES string of the molecule is FC(F)(F)c1cc(Cl)c(Oc2c(Cl)cc(OCC=C(Cl)Cl)cc2Cl)c(Cl)c1. The average Bonchev–Trinajstić information content (AvgIpc) is 2.51. The molecule has 0 saturated carbocycles. The van der Waals surface area contributed by atoms with Crippen molar-refractivity contribution in [2.45, 2.75) is 6.18 Å². The predicted molar refractivity (Wildman–Crippen MR) is 103 cm³/mol. The maximum absolute atomic E-state index is 12.8. The Morgan fingerprint density at radius 1 is 0.852 bits per heavy atom. The second-order valence-corrected chi connectivity index (χ2v) is 7.53. The van der Waals surface area contributed by atoms with Gasteiger partial charge in [0.2, 0.25) is 0 Å². The van der Waals surface area contributed by atoms with Gasteiger partial charge in [-0.3, -0.25) is 0 Å². The van der Waals surface area contributed by atoms with Crippen molar-refractivity contribution in [2.24, 2.45) is 0 Å². The minimum Gasteiger partial charge on any atom is -0.489 e. The van der Waals surface area contributed by atoms with Gasteiger partial charge in [-0.1, -0.05) is 69.6 Å². The van der Waals surface area contributed by atoms with Gasteiger partial charge in [-0.25, -0.2) is 0 Å². The molecule has 0 spiro atoms. The Morgan fingerprint density at radius 3 is 1.70 bits per heavy atom. The zero-order chi connectivity index (χ0) is 20.4. The Balaban J connectivity index is 2.31. The van der Waals surface area contributed by atoms with E-state index in [1.807, 2.05) is 0 Å². The summed E-state index contributed by atoms with van der Waals surface area (Å²) in [5.41, 5.74) is -1.02. The molecule has 146 valence electrons. The molecule has 0 atom stereocenters. The van der Waals surface area contributed by atoms with Crippen LogP contribution in [0.4, 0.5) is 13.2 Å². The van der Waals surface area contributed by atoms with Crippen LogP contribution in [0.1, 0.15) is 5.56 Å². The van der Waals surface area contributed by atoms with E-state index in [0.29, 0.717) is 12.1 Å². The molecule has 0 aliphatic rings. The summed E-state index contributed by atoms with van der Waals surface area (Å²) in [6, 6.07) is 4.13. The van der Waals surface area contributed by atoms with Crippen molar-refractivity contribution in [3.8, 4) is 17.2 Å². The molecule has 0 amide bonds. The highest BCUT2D eigenvalue weighted by Gasteiger charge is 2.32. The number of hydrogen-bond donors (Lipinski definition) is 0. The van der Waals surface area contributed by atoms with Gasteiger partial charge >= 0.3 is 6.18 Å². The topological polar surface area (TPSA) is 18.5 Å². The summed E-state index contributed by atoms with van der Waals surface area (Å²) in [6.07, 6.45) is -3.21. The number of ether oxygens (including phenoxy) is 2. The Bertz CT molecular complexity index is 833. The van der Waals surface area contributed by atoms with Gasteiger partial charge < -0.3 is 9.47 Å². The van der Waals surface area contributed by atoms with Crippen molar-refractivity contribution < 1.29 is 22.6 Å². The monoisotopic (exact) mass is 498 g/mol. The summed E-state index contributed by atoms with van der Waals surface area (Å²) in [5, 5.41) is -0.677. The molecule has 2 aromatic carbocycles. The van der Waals surface area contributed by atoms with Gasteiger partial charge in [0.05, 0.1) is 25.7 Å². The number of benzene rings is 2. The van der Waals surface area contributed by atoms with Gasteiger partial charge in [0, 0.05) is 12.1 Å². The van der Waals surface area contributed by atoms with E-state index in [-0.39, 0.29) is 48.4 Å². The molecule has 11 heteroatoms. The fourth-order valence-electron chi connectivity index (χ4n) is 1.84. The molecule has 2 rings (SSSR count). The maximum atomic E-state index is 12.8. The minimum absolute atomic E-state index is 0.0190. The first-order chi connectivity index (χ1) is 12.5. The molecule has 0 bridgehead atoms. The van der Waals surface area contributed by atoms with Crippen LogP contribution < -0.4 is 9.47 Å². The summed E-state index contributed by atoms with van der Waals surface area (Å²) in [4.78, 5) is 0. The molecular weight excluding hydrogens is 494 g/mol. The number of rotatable bonds is 5. The van der Waals surface area contributed by atoms with Crippen LogP contribution in [0.15, 0.2) is 34.8 Å². The van der Waals surface area contributed by atoms with Crippen LogP contribution in [0.2, 0.25) is 20.1 Å². The Hall–Kier alpha value is -0.690. The summed E-state index contributed by atoms with van der Waals surface area (Å²) in [6.45, 7) is 0.0613. The molecule has 0 aliphatic carbocycles. The lowest BCUT2D eigenvalue weighted by molar-refractivity contribution is -0.137. The van der Waals surface area contributed by atoms with Crippen molar-refractivity contribution in [3.63, 3.8) is 0 Å². The third-order valence-corrected chi connectivity index (χ3v) is 4.42. The lowest BCUT2D eigenvalue weighted by Gasteiger charge is -2.15. The summed E-state index contributed by atoms with van der Waals surface area (Å²) >= 11 is 34.9. The van der Waals surface area contributed by atoms with E-state index in [0.717, 1.165) is 0 Å². The Morgan fingerprint density at radius 2 is 1.30 bits per heavy atom. The van der Waals surface area contributed by atoms with E-state index in [1.54, 1.807) is 0 Å². The molecular formula is C16H7Cl6F3O2. The third-order valence-electron chi connectivity index (χ3n) is 2.99. The molecule has 27 heavy (non-hydrogen) atoms. The lowest BCUT2D eigenvalue weighted by Crippen LogP contribution is -2.05. The van der Waals surface area contributed by atoms with Crippen molar-refractivity contribution in [3.05, 3.63) is 60.5 Å². The van der Waals surface area contributed by atoms with Crippen molar-refractivity contribution in [2.75, 3.05) is 6.61 Å². The first-order valence-corrected chi connectivity index (χ1v) is 9.13. The smallest absolute Gasteiger partial charge is 0.416 e. The molecule has 2 aromatic rings. The van der Waals surface area contributed by atoms with Crippen molar-refractivity contribution in [1.82, 2.24) is 0 Å². The lowest BCUT2D eigenvalue weighted by atomic mass is 10.2. The Labute approximate surface area is 182 Å². The van der Waals surface area contributed by atoms with Crippen molar-refractivity contribution >= 4 is 69.6 Å². The standard InChI is InChI=1S/C16H7Cl6F3O2/c17-9-3-7(16(23,24)25)4-10(18)14(9)27-15-11(19)5-8(6-12(15)20)26-2-1-13(21)22/h1,3-6H,2H2. The molecule has 0 aromatic heterocycles. The zero-order valence-electron chi connectivity index (χ0n) is 12.8. The summed E-state index contributed by atoms with van der Waals surface area (Å²) in [7, 11) is 0. The second-order valence-electron chi connectivity index (χ2n) is 4.89. The second kappa shape index (κ2) is 9.21. The molecule has 0 heterocycles. The first kappa shape index (κ1) is 22.6. The largest absolute Gasteiger partial charge is 0.489 e. The summed E-state index contributed by atoms with van der Waals surface area (Å²) in [5.74, 6) is 0.00798. The van der Waals surface area contributed by atoms with E-state index >= 15 is 0 Å². The third kappa shape index (κ3) is 6.14. The number of hydrogen-bond acceptors (Lipinski definition) is 2. The maximum Gasteiger partial charge on any atom is 0.416 e. The normalized spacial score (nSPS) is 11.3. The fourth-order valence-corrected chi connectivity index (χ4v) is 3.08. The van der Waals surface area contributed by atoms with E-state index in [1.165, 1.54) is 18.2 Å². The predicted octanol–water partition coefficient (Wildman–Crippen LogP) is 8.81. The van der Waals surface area contributed by atoms with Gasteiger partial charge in [-0.05, 0) is 18.2 Å². The van der Waals surface area contributed by atoms with Crippen molar-refractivity contribution in [1.29, 1.82) is 0 Å². The quantitative estimate of drug-likeness (QED) is 0.408. The average molecular weight is 501 g/mol. The zero-order valence-corrected chi connectivity index (χ0v) is 17.3. The number of alkyl halides is 3. The van der Waals surface area contributed by atoms with Crippen LogP contribution in [0.25, 0.3) is 0 Å². The number of halogens is 9. The van der Waals surface area contributed by atoms with Gasteiger partial charge in [-0.2, -0.15) is 13.2 Å².